The van der Waals surface area contributed by atoms with Gasteiger partial charge in [0.25, 0.3) is 0 Å². The van der Waals surface area contributed by atoms with Crippen molar-refractivity contribution in [3.8, 4) is 0 Å². The molecule has 21 heavy (non-hydrogen) atoms. The number of nitrogens with zero attached hydrogens (tertiary/aromatic N) is 1. The fraction of sp³-hybridized carbons (Fsp3) is 0.684. The van der Waals surface area contributed by atoms with E-state index in [1.807, 2.05) is 0 Å². The zero-order valence-corrected chi connectivity index (χ0v) is 14.6. The Hall–Kier alpha value is -0.860. The summed E-state index contributed by atoms with van der Waals surface area (Å²) in [5.41, 5.74) is 3.19. The van der Waals surface area contributed by atoms with Crippen molar-refractivity contribution in [2.24, 2.45) is 5.41 Å². The van der Waals surface area contributed by atoms with Crippen molar-refractivity contribution >= 4 is 0 Å². The van der Waals surface area contributed by atoms with Crippen LogP contribution >= 0.6 is 0 Å². The van der Waals surface area contributed by atoms with Crippen LogP contribution in [0.2, 0.25) is 0 Å². The Morgan fingerprint density at radius 3 is 2.52 bits per heavy atom. The lowest BCUT2D eigenvalue weighted by molar-refractivity contribution is 0.0528. The minimum atomic E-state index is 0.308. The highest BCUT2D eigenvalue weighted by atomic mass is 15.3. The second-order valence-corrected chi connectivity index (χ2v) is 7.62. The van der Waals surface area contributed by atoms with Crippen LogP contribution in [-0.4, -0.2) is 30.1 Å². The van der Waals surface area contributed by atoms with Crippen molar-refractivity contribution in [2.75, 3.05) is 13.1 Å². The summed E-state index contributed by atoms with van der Waals surface area (Å²) in [6.07, 6.45) is 1.21. The third-order valence-corrected chi connectivity index (χ3v) is 5.11. The minimum absolute atomic E-state index is 0.308. The van der Waals surface area contributed by atoms with Crippen LogP contribution in [0.4, 0.5) is 0 Å². The van der Waals surface area contributed by atoms with Gasteiger partial charge in [-0.05, 0) is 36.8 Å². The van der Waals surface area contributed by atoms with E-state index in [-0.39, 0.29) is 0 Å². The van der Waals surface area contributed by atoms with Gasteiger partial charge in [0, 0.05) is 31.2 Å². The third-order valence-electron chi connectivity index (χ3n) is 5.11. The fourth-order valence-corrected chi connectivity index (χ4v) is 3.49. The zero-order chi connectivity index (χ0) is 15.6. The third kappa shape index (κ3) is 3.67. The summed E-state index contributed by atoms with van der Waals surface area (Å²) < 4.78 is 0. The van der Waals surface area contributed by atoms with Crippen molar-refractivity contribution in [1.29, 1.82) is 0 Å². The normalized spacial score (nSPS) is 25.8. The lowest BCUT2D eigenvalue weighted by Gasteiger charge is -2.47. The molecule has 3 unspecified atom stereocenters. The first kappa shape index (κ1) is 16.5. The Morgan fingerprint density at radius 2 is 1.95 bits per heavy atom. The maximum absolute atomic E-state index is 3.77. The van der Waals surface area contributed by atoms with Crippen molar-refractivity contribution in [2.45, 2.75) is 66.1 Å². The predicted octanol–water partition coefficient (Wildman–Crippen LogP) is 4.15. The fourth-order valence-electron chi connectivity index (χ4n) is 3.49. The highest BCUT2D eigenvalue weighted by Gasteiger charge is 2.35. The number of aryl methyl sites for hydroxylation is 1. The van der Waals surface area contributed by atoms with Crippen LogP contribution in [0.25, 0.3) is 0 Å². The average molecular weight is 288 g/mol. The number of rotatable bonds is 3. The SMILES string of the molecule is CCC1CNC(C(C)(C)C)CN1C(C)c1ccccc1C. The predicted molar refractivity (Wildman–Crippen MR) is 91.6 cm³/mol. The van der Waals surface area contributed by atoms with Crippen molar-refractivity contribution in [3.05, 3.63) is 35.4 Å². The molecule has 0 aromatic heterocycles. The molecule has 0 saturated carbocycles. The van der Waals surface area contributed by atoms with Gasteiger partial charge < -0.3 is 5.32 Å². The first-order valence-electron chi connectivity index (χ1n) is 8.39. The molecule has 0 spiro atoms. The van der Waals surface area contributed by atoms with Crippen LogP contribution in [0, 0.1) is 12.3 Å². The second-order valence-electron chi connectivity index (χ2n) is 7.62. The van der Waals surface area contributed by atoms with Gasteiger partial charge in [0.15, 0.2) is 0 Å². The van der Waals surface area contributed by atoms with Crippen LogP contribution in [-0.2, 0) is 0 Å². The number of hydrogen-bond donors (Lipinski definition) is 1. The summed E-state index contributed by atoms with van der Waals surface area (Å²) in [5.74, 6) is 0. The van der Waals surface area contributed by atoms with E-state index in [2.05, 4.69) is 76.0 Å². The van der Waals surface area contributed by atoms with E-state index in [4.69, 9.17) is 0 Å². The summed E-state index contributed by atoms with van der Waals surface area (Å²) in [6, 6.07) is 10.5. The highest BCUT2D eigenvalue weighted by molar-refractivity contribution is 5.28. The number of hydrogen-bond acceptors (Lipinski definition) is 2. The van der Waals surface area contributed by atoms with Gasteiger partial charge >= 0.3 is 0 Å². The largest absolute Gasteiger partial charge is 0.311 e. The number of benzene rings is 1. The van der Waals surface area contributed by atoms with E-state index in [9.17, 15) is 0 Å². The van der Waals surface area contributed by atoms with Gasteiger partial charge in [-0.25, -0.2) is 0 Å². The molecule has 118 valence electrons. The van der Waals surface area contributed by atoms with Crippen molar-refractivity contribution in [3.63, 3.8) is 0 Å². The van der Waals surface area contributed by atoms with Crippen LogP contribution < -0.4 is 5.32 Å². The van der Waals surface area contributed by atoms with E-state index in [0.29, 0.717) is 23.5 Å². The van der Waals surface area contributed by atoms with Gasteiger partial charge in [-0.3, -0.25) is 4.90 Å². The molecular formula is C19H32N2. The quantitative estimate of drug-likeness (QED) is 0.898. The Morgan fingerprint density at radius 1 is 1.29 bits per heavy atom. The molecule has 0 amide bonds. The first-order valence-corrected chi connectivity index (χ1v) is 8.39. The number of nitrogens with one attached hydrogen (secondary N) is 1. The van der Waals surface area contributed by atoms with E-state index < -0.39 is 0 Å². The summed E-state index contributed by atoms with van der Waals surface area (Å²) in [4.78, 5) is 2.72. The number of piperazine rings is 1. The maximum atomic E-state index is 3.77. The lowest BCUT2D eigenvalue weighted by atomic mass is 9.83. The van der Waals surface area contributed by atoms with E-state index >= 15 is 0 Å². The van der Waals surface area contributed by atoms with Gasteiger partial charge in [0.1, 0.15) is 0 Å². The first-order chi connectivity index (χ1) is 9.84. The van der Waals surface area contributed by atoms with Gasteiger partial charge in [-0.1, -0.05) is 52.0 Å². The van der Waals surface area contributed by atoms with Crippen LogP contribution in [0.5, 0.6) is 0 Å². The van der Waals surface area contributed by atoms with Gasteiger partial charge in [0.2, 0.25) is 0 Å². The molecule has 1 fully saturated rings. The molecule has 0 aliphatic carbocycles. The minimum Gasteiger partial charge on any atom is -0.311 e. The van der Waals surface area contributed by atoms with Crippen molar-refractivity contribution in [1.82, 2.24) is 10.2 Å². The molecule has 2 heteroatoms. The molecule has 1 aliphatic rings. The monoisotopic (exact) mass is 288 g/mol. The van der Waals surface area contributed by atoms with Crippen LogP contribution in [0.15, 0.2) is 24.3 Å². The molecule has 2 nitrogen and oxygen atoms in total. The molecule has 3 atom stereocenters. The molecule has 1 aromatic rings. The topological polar surface area (TPSA) is 15.3 Å². The van der Waals surface area contributed by atoms with E-state index in [1.54, 1.807) is 0 Å². The lowest BCUT2D eigenvalue weighted by Crippen LogP contribution is -2.60. The summed E-state index contributed by atoms with van der Waals surface area (Å²) in [6.45, 7) is 16.2. The van der Waals surface area contributed by atoms with Gasteiger partial charge in [-0.15, -0.1) is 0 Å². The Bertz CT molecular complexity index is 461. The second kappa shape index (κ2) is 6.50. The molecule has 2 rings (SSSR count). The Kier molecular flexibility index (Phi) is 5.11. The molecule has 1 heterocycles. The standard InChI is InChI=1S/C19H32N2/c1-7-16-12-20-18(19(4,5)6)13-21(16)15(3)17-11-9-8-10-14(17)2/h8-11,15-16,18,20H,7,12-13H2,1-6H3. The Labute approximate surface area is 130 Å². The van der Waals surface area contributed by atoms with Crippen molar-refractivity contribution < 1.29 is 0 Å². The van der Waals surface area contributed by atoms with E-state index in [0.717, 1.165) is 13.1 Å². The molecule has 1 aromatic carbocycles. The zero-order valence-electron chi connectivity index (χ0n) is 14.6. The van der Waals surface area contributed by atoms with Gasteiger partial charge in [-0.2, -0.15) is 0 Å². The van der Waals surface area contributed by atoms with Gasteiger partial charge in [0.05, 0.1) is 0 Å². The van der Waals surface area contributed by atoms with Crippen LogP contribution in [0.3, 0.4) is 0 Å². The summed E-state index contributed by atoms with van der Waals surface area (Å²) >= 11 is 0. The molecule has 1 aliphatic heterocycles. The summed E-state index contributed by atoms with van der Waals surface area (Å²) in [5, 5.41) is 3.77. The Balaban J connectivity index is 2.23. The highest BCUT2D eigenvalue weighted by Crippen LogP contribution is 2.31. The smallest absolute Gasteiger partial charge is 0.0326 e. The average Bonchev–Trinajstić information content (AvgIpc) is 2.45. The summed E-state index contributed by atoms with van der Waals surface area (Å²) in [7, 11) is 0. The molecule has 1 N–H and O–H groups in total. The van der Waals surface area contributed by atoms with Crippen LogP contribution in [0.1, 0.15) is 58.2 Å². The molecule has 0 bridgehead atoms. The van der Waals surface area contributed by atoms with E-state index in [1.165, 1.54) is 17.5 Å². The molecule has 0 radical (unpaired) electrons. The molecular weight excluding hydrogens is 256 g/mol. The molecule has 1 saturated heterocycles. The maximum Gasteiger partial charge on any atom is 0.0326 e.